The number of carbonyl (C=O) groups excluding carboxylic acids is 1. The van der Waals surface area contributed by atoms with Crippen molar-refractivity contribution in [3.63, 3.8) is 0 Å². The van der Waals surface area contributed by atoms with Crippen LogP contribution >= 0.6 is 15.9 Å². The zero-order valence-electron chi connectivity index (χ0n) is 12.6. The monoisotopic (exact) mass is 411 g/mol. The van der Waals surface area contributed by atoms with Gasteiger partial charge in [-0.25, -0.2) is 9.18 Å². The first-order valence-electron chi connectivity index (χ1n) is 6.50. The molecule has 0 N–H and O–H groups in total. The van der Waals surface area contributed by atoms with Gasteiger partial charge in [-0.3, -0.25) is 4.21 Å². The molecule has 0 radical (unpaired) electrons. The summed E-state index contributed by atoms with van der Waals surface area (Å²) in [6, 6.07) is 8.32. The molecular formula is C16H11BrFNO4S. The van der Waals surface area contributed by atoms with E-state index < -0.39 is 22.6 Å². The summed E-state index contributed by atoms with van der Waals surface area (Å²) >= 11 is 3.23. The van der Waals surface area contributed by atoms with Crippen molar-refractivity contribution in [3.8, 4) is 17.6 Å². The van der Waals surface area contributed by atoms with Crippen molar-refractivity contribution >= 4 is 32.7 Å². The first-order chi connectivity index (χ1) is 11.4. The second-order valence-corrected chi connectivity index (χ2v) is 6.73. The number of halogens is 2. The van der Waals surface area contributed by atoms with Crippen molar-refractivity contribution in [3.05, 3.63) is 51.7 Å². The molecule has 2 aromatic carbocycles. The molecular weight excluding hydrogens is 401 g/mol. The molecule has 0 bridgehead atoms. The zero-order chi connectivity index (χ0) is 17.9. The van der Waals surface area contributed by atoms with Crippen LogP contribution in [0.25, 0.3) is 0 Å². The normalized spacial score (nSPS) is 11.5. The third kappa shape index (κ3) is 3.80. The van der Waals surface area contributed by atoms with E-state index in [4.69, 9.17) is 14.7 Å². The van der Waals surface area contributed by atoms with Gasteiger partial charge in [-0.05, 0) is 40.2 Å². The molecule has 2 rings (SSSR count). The van der Waals surface area contributed by atoms with Crippen molar-refractivity contribution in [2.45, 2.75) is 4.90 Å². The quantitative estimate of drug-likeness (QED) is 0.715. The minimum absolute atomic E-state index is 0.0627. The van der Waals surface area contributed by atoms with Gasteiger partial charge in [0.05, 0.1) is 44.5 Å². The van der Waals surface area contributed by atoms with Gasteiger partial charge in [-0.1, -0.05) is 0 Å². The highest BCUT2D eigenvalue weighted by Gasteiger charge is 2.22. The van der Waals surface area contributed by atoms with E-state index in [0.29, 0.717) is 0 Å². The molecule has 0 saturated heterocycles. The number of hydrogen-bond donors (Lipinski definition) is 0. The first-order valence-corrected chi connectivity index (χ1v) is 8.85. The Labute approximate surface area is 148 Å². The number of methoxy groups -OCH3 is 1. The predicted molar refractivity (Wildman–Crippen MR) is 89.0 cm³/mol. The molecule has 0 aliphatic heterocycles. The zero-order valence-corrected chi connectivity index (χ0v) is 15.0. The van der Waals surface area contributed by atoms with Crippen LogP contribution in [0.2, 0.25) is 0 Å². The number of nitriles is 1. The van der Waals surface area contributed by atoms with Gasteiger partial charge in [-0.2, -0.15) is 5.26 Å². The van der Waals surface area contributed by atoms with Crippen LogP contribution in [0.3, 0.4) is 0 Å². The Hall–Kier alpha value is -2.24. The van der Waals surface area contributed by atoms with Crippen molar-refractivity contribution in [1.82, 2.24) is 0 Å². The molecule has 0 aliphatic rings. The summed E-state index contributed by atoms with van der Waals surface area (Å²) in [6.45, 7) is 0. The molecule has 0 saturated carbocycles. The first kappa shape index (κ1) is 18.1. The third-order valence-electron chi connectivity index (χ3n) is 3.00. The fourth-order valence-electron chi connectivity index (χ4n) is 1.96. The van der Waals surface area contributed by atoms with Crippen LogP contribution in [0, 0.1) is 17.1 Å². The fraction of sp³-hybridized carbons (Fsp3) is 0.125. The Morgan fingerprint density at radius 3 is 2.62 bits per heavy atom. The lowest BCUT2D eigenvalue weighted by atomic mass is 10.2. The highest BCUT2D eigenvalue weighted by Crippen LogP contribution is 2.36. The smallest absolute Gasteiger partial charge is 0.340 e. The largest absolute Gasteiger partial charge is 0.465 e. The Kier molecular flexibility index (Phi) is 5.70. The standard InChI is InChI=1S/C16H11BrFNO4S/c1-22-16(20)14-13(24(2)21)4-3-12(15(14)17)23-11-6-9(8-19)5-10(18)7-11/h3-7H,1-2H3. The maximum absolute atomic E-state index is 13.5. The topological polar surface area (TPSA) is 76.4 Å². The van der Waals surface area contributed by atoms with E-state index in [2.05, 4.69) is 15.9 Å². The third-order valence-corrected chi connectivity index (χ3v) is 4.74. The minimum atomic E-state index is -1.43. The van der Waals surface area contributed by atoms with Gasteiger partial charge in [-0.15, -0.1) is 0 Å². The van der Waals surface area contributed by atoms with Gasteiger partial charge in [0.15, 0.2) is 0 Å². The van der Waals surface area contributed by atoms with Gasteiger partial charge in [0.2, 0.25) is 0 Å². The number of esters is 1. The fourth-order valence-corrected chi connectivity index (χ4v) is 3.42. The molecule has 0 heterocycles. The molecule has 5 nitrogen and oxygen atoms in total. The molecule has 1 unspecified atom stereocenters. The highest BCUT2D eigenvalue weighted by molar-refractivity contribution is 9.10. The Bertz CT molecular complexity index is 879. The lowest BCUT2D eigenvalue weighted by molar-refractivity contribution is 0.0595. The van der Waals surface area contributed by atoms with E-state index in [1.807, 2.05) is 6.07 Å². The summed E-state index contributed by atoms with van der Waals surface area (Å²) in [5, 5.41) is 8.88. The molecule has 2 aromatic rings. The van der Waals surface area contributed by atoms with Gasteiger partial charge in [0.25, 0.3) is 0 Å². The van der Waals surface area contributed by atoms with Gasteiger partial charge >= 0.3 is 5.97 Å². The minimum Gasteiger partial charge on any atom is -0.465 e. The second-order valence-electron chi connectivity index (χ2n) is 4.59. The van der Waals surface area contributed by atoms with E-state index in [-0.39, 0.29) is 32.0 Å². The number of rotatable bonds is 4. The van der Waals surface area contributed by atoms with Crippen LogP contribution in [-0.2, 0) is 15.5 Å². The van der Waals surface area contributed by atoms with Crippen LogP contribution in [0.4, 0.5) is 4.39 Å². The summed E-state index contributed by atoms with van der Waals surface area (Å²) < 4.78 is 35.8. The molecule has 0 aromatic heterocycles. The lowest BCUT2D eigenvalue weighted by Gasteiger charge is -2.13. The molecule has 0 fully saturated rings. The van der Waals surface area contributed by atoms with Crippen molar-refractivity contribution < 1.29 is 22.9 Å². The molecule has 8 heteroatoms. The van der Waals surface area contributed by atoms with E-state index in [9.17, 15) is 13.4 Å². The number of carbonyl (C=O) groups is 1. The molecule has 1 atom stereocenters. The Balaban J connectivity index is 2.53. The van der Waals surface area contributed by atoms with Gasteiger partial charge in [0.1, 0.15) is 17.3 Å². The highest BCUT2D eigenvalue weighted by atomic mass is 79.9. The SMILES string of the molecule is COC(=O)c1c(S(C)=O)ccc(Oc2cc(F)cc(C#N)c2)c1Br. The summed E-state index contributed by atoms with van der Waals surface area (Å²) in [5.41, 5.74) is 0.160. The van der Waals surface area contributed by atoms with Crippen LogP contribution < -0.4 is 4.74 Å². The molecule has 0 spiro atoms. The van der Waals surface area contributed by atoms with Crippen molar-refractivity contribution in [2.24, 2.45) is 0 Å². The number of hydrogen-bond acceptors (Lipinski definition) is 5. The van der Waals surface area contributed by atoms with Gasteiger partial charge < -0.3 is 9.47 Å². The average molecular weight is 412 g/mol. The number of benzene rings is 2. The Morgan fingerprint density at radius 1 is 1.33 bits per heavy atom. The summed E-state index contributed by atoms with van der Waals surface area (Å²) in [5.74, 6) is -1.03. The summed E-state index contributed by atoms with van der Waals surface area (Å²) in [6.07, 6.45) is 1.43. The molecule has 0 amide bonds. The maximum atomic E-state index is 13.5. The van der Waals surface area contributed by atoms with Crippen LogP contribution in [-0.4, -0.2) is 23.5 Å². The molecule has 24 heavy (non-hydrogen) atoms. The van der Waals surface area contributed by atoms with E-state index >= 15 is 0 Å². The molecule has 124 valence electrons. The van der Waals surface area contributed by atoms with E-state index in [1.54, 1.807) is 0 Å². The molecule has 0 aliphatic carbocycles. The maximum Gasteiger partial charge on any atom is 0.340 e. The van der Waals surface area contributed by atoms with E-state index in [0.717, 1.165) is 12.1 Å². The number of nitrogens with zero attached hydrogens (tertiary/aromatic N) is 1. The lowest BCUT2D eigenvalue weighted by Crippen LogP contribution is -2.08. The second kappa shape index (κ2) is 7.55. The van der Waals surface area contributed by atoms with Crippen LogP contribution in [0.1, 0.15) is 15.9 Å². The van der Waals surface area contributed by atoms with Crippen LogP contribution in [0.15, 0.2) is 39.7 Å². The number of ether oxygens (including phenoxy) is 2. The van der Waals surface area contributed by atoms with Crippen LogP contribution in [0.5, 0.6) is 11.5 Å². The van der Waals surface area contributed by atoms with E-state index in [1.165, 1.54) is 31.6 Å². The summed E-state index contributed by atoms with van der Waals surface area (Å²) in [4.78, 5) is 12.2. The van der Waals surface area contributed by atoms with Crippen molar-refractivity contribution in [1.29, 1.82) is 5.26 Å². The van der Waals surface area contributed by atoms with Gasteiger partial charge in [0, 0.05) is 12.3 Å². The summed E-state index contributed by atoms with van der Waals surface area (Å²) in [7, 11) is -0.221. The predicted octanol–water partition coefficient (Wildman–Crippen LogP) is 3.78. The Morgan fingerprint density at radius 2 is 2.04 bits per heavy atom. The van der Waals surface area contributed by atoms with Crippen molar-refractivity contribution in [2.75, 3.05) is 13.4 Å². The average Bonchev–Trinajstić information content (AvgIpc) is 2.54.